The molecule has 0 bridgehead atoms. The summed E-state index contributed by atoms with van der Waals surface area (Å²) in [6, 6.07) is 4.46. The molecule has 3 amide bonds. The molecule has 30 heavy (non-hydrogen) atoms. The van der Waals surface area contributed by atoms with Gasteiger partial charge in [0.2, 0.25) is 11.8 Å². The standard InChI is InChI=1S/C22H28ClN3O4/c1-24-11-7-22(21(24)29)8-12-25(13-9-22)20(28)17-4-3-10-26(17)19(27)16-14-15(23)5-6-18(16)30-2/h5-6,14,17H,3-4,7-13H2,1-2H3. The van der Waals surface area contributed by atoms with E-state index in [-0.39, 0.29) is 23.1 Å². The van der Waals surface area contributed by atoms with Gasteiger partial charge in [0.25, 0.3) is 5.91 Å². The highest BCUT2D eigenvalue weighted by Gasteiger charge is 2.48. The number of hydrogen-bond donors (Lipinski definition) is 0. The fourth-order valence-corrected chi connectivity index (χ4v) is 5.27. The van der Waals surface area contributed by atoms with Gasteiger partial charge in [-0.15, -0.1) is 0 Å². The van der Waals surface area contributed by atoms with Crippen LogP contribution in [0.15, 0.2) is 18.2 Å². The molecule has 1 spiro atoms. The zero-order valence-electron chi connectivity index (χ0n) is 17.5. The molecule has 3 aliphatic heterocycles. The van der Waals surface area contributed by atoms with Crippen LogP contribution in [0.4, 0.5) is 0 Å². The Balaban J connectivity index is 1.46. The van der Waals surface area contributed by atoms with Gasteiger partial charge in [0.15, 0.2) is 0 Å². The van der Waals surface area contributed by atoms with Crippen molar-refractivity contribution in [2.45, 2.75) is 38.1 Å². The van der Waals surface area contributed by atoms with E-state index in [0.717, 1.165) is 19.4 Å². The molecule has 3 heterocycles. The van der Waals surface area contributed by atoms with Crippen molar-refractivity contribution in [3.63, 3.8) is 0 Å². The first kappa shape index (κ1) is 21.0. The zero-order chi connectivity index (χ0) is 21.5. The van der Waals surface area contributed by atoms with E-state index in [9.17, 15) is 14.4 Å². The maximum atomic E-state index is 13.3. The lowest BCUT2D eigenvalue weighted by atomic mass is 9.77. The molecule has 1 aromatic rings. The first-order valence-corrected chi connectivity index (χ1v) is 10.9. The number of carbonyl (C=O) groups is 3. The molecule has 3 fully saturated rings. The van der Waals surface area contributed by atoms with Gasteiger partial charge in [-0.2, -0.15) is 0 Å². The van der Waals surface area contributed by atoms with Gasteiger partial charge in [-0.3, -0.25) is 14.4 Å². The second kappa shape index (κ2) is 8.10. The van der Waals surface area contributed by atoms with Crippen molar-refractivity contribution in [2.24, 2.45) is 5.41 Å². The van der Waals surface area contributed by atoms with E-state index >= 15 is 0 Å². The summed E-state index contributed by atoms with van der Waals surface area (Å²) in [5.74, 6) is 0.411. The van der Waals surface area contributed by atoms with Crippen LogP contribution in [-0.4, -0.2) is 78.8 Å². The number of likely N-dealkylation sites (tertiary alicyclic amines) is 3. The first-order valence-electron chi connectivity index (χ1n) is 10.6. The fourth-order valence-electron chi connectivity index (χ4n) is 5.09. The second-order valence-electron chi connectivity index (χ2n) is 8.58. The minimum atomic E-state index is -0.475. The summed E-state index contributed by atoms with van der Waals surface area (Å²) in [7, 11) is 3.36. The summed E-state index contributed by atoms with van der Waals surface area (Å²) in [5.41, 5.74) is 0.0760. The number of ether oxygens (including phenoxy) is 1. The van der Waals surface area contributed by atoms with E-state index < -0.39 is 6.04 Å². The molecule has 1 unspecified atom stereocenters. The number of amides is 3. The zero-order valence-corrected chi connectivity index (χ0v) is 18.3. The highest BCUT2D eigenvalue weighted by atomic mass is 35.5. The van der Waals surface area contributed by atoms with E-state index in [1.165, 1.54) is 7.11 Å². The molecule has 7 nitrogen and oxygen atoms in total. The third-order valence-electron chi connectivity index (χ3n) is 6.95. The smallest absolute Gasteiger partial charge is 0.258 e. The number of piperidine rings is 1. The fraction of sp³-hybridized carbons (Fsp3) is 0.591. The SMILES string of the molecule is COc1ccc(Cl)cc1C(=O)N1CCCC1C(=O)N1CCC2(CCN(C)C2=O)CC1. The molecular formula is C22H28ClN3O4. The maximum Gasteiger partial charge on any atom is 0.258 e. The molecule has 0 saturated carbocycles. The van der Waals surface area contributed by atoms with Crippen molar-refractivity contribution >= 4 is 29.3 Å². The Labute approximate surface area is 181 Å². The molecule has 162 valence electrons. The minimum absolute atomic E-state index is 0.0181. The van der Waals surface area contributed by atoms with Gasteiger partial charge in [-0.05, 0) is 50.3 Å². The van der Waals surface area contributed by atoms with E-state index in [2.05, 4.69) is 0 Å². The number of nitrogens with zero attached hydrogens (tertiary/aromatic N) is 3. The van der Waals surface area contributed by atoms with Crippen molar-refractivity contribution < 1.29 is 19.1 Å². The number of methoxy groups -OCH3 is 1. The molecule has 0 aliphatic carbocycles. The van der Waals surface area contributed by atoms with Gasteiger partial charge in [-0.25, -0.2) is 0 Å². The number of carbonyl (C=O) groups excluding carboxylic acids is 3. The predicted molar refractivity (Wildman–Crippen MR) is 113 cm³/mol. The predicted octanol–water partition coefficient (Wildman–Crippen LogP) is 2.42. The first-order chi connectivity index (χ1) is 14.4. The van der Waals surface area contributed by atoms with Gasteiger partial charge in [0.1, 0.15) is 11.8 Å². The normalized spacial score (nSPS) is 23.4. The van der Waals surface area contributed by atoms with Crippen LogP contribution in [-0.2, 0) is 9.59 Å². The van der Waals surface area contributed by atoms with Crippen molar-refractivity contribution in [3.8, 4) is 5.75 Å². The van der Waals surface area contributed by atoms with Crippen LogP contribution in [0.1, 0.15) is 42.5 Å². The Morgan fingerprint density at radius 2 is 1.83 bits per heavy atom. The number of halogens is 1. The Bertz CT molecular complexity index is 866. The van der Waals surface area contributed by atoms with Crippen LogP contribution >= 0.6 is 11.6 Å². The summed E-state index contributed by atoms with van der Waals surface area (Å²) in [4.78, 5) is 44.4. The highest BCUT2D eigenvalue weighted by molar-refractivity contribution is 6.31. The van der Waals surface area contributed by atoms with Gasteiger partial charge >= 0.3 is 0 Å². The van der Waals surface area contributed by atoms with Gasteiger partial charge in [0.05, 0.1) is 18.1 Å². The summed E-state index contributed by atoms with van der Waals surface area (Å²) in [6.07, 6.45) is 3.70. The van der Waals surface area contributed by atoms with Gasteiger partial charge in [-0.1, -0.05) is 11.6 Å². The van der Waals surface area contributed by atoms with Crippen molar-refractivity contribution in [1.82, 2.24) is 14.7 Å². The summed E-state index contributed by atoms with van der Waals surface area (Å²) < 4.78 is 5.33. The molecule has 4 rings (SSSR count). The van der Waals surface area contributed by atoms with E-state index in [1.807, 2.05) is 11.9 Å². The Kier molecular flexibility index (Phi) is 5.66. The third kappa shape index (κ3) is 3.53. The van der Waals surface area contributed by atoms with Crippen LogP contribution < -0.4 is 4.74 Å². The second-order valence-corrected chi connectivity index (χ2v) is 9.02. The van der Waals surface area contributed by atoms with Crippen LogP contribution in [0.5, 0.6) is 5.75 Å². The molecule has 0 aromatic heterocycles. The third-order valence-corrected chi connectivity index (χ3v) is 7.18. The van der Waals surface area contributed by atoms with Crippen LogP contribution in [0.25, 0.3) is 0 Å². The molecule has 3 saturated heterocycles. The topological polar surface area (TPSA) is 70.2 Å². The molecule has 8 heteroatoms. The summed E-state index contributed by atoms with van der Waals surface area (Å²) in [5, 5.41) is 0.453. The van der Waals surface area contributed by atoms with Crippen LogP contribution in [0.3, 0.4) is 0 Å². The van der Waals surface area contributed by atoms with Crippen molar-refractivity contribution in [2.75, 3.05) is 40.3 Å². The quantitative estimate of drug-likeness (QED) is 0.734. The largest absolute Gasteiger partial charge is 0.496 e. The van der Waals surface area contributed by atoms with Gasteiger partial charge in [0, 0.05) is 38.2 Å². The van der Waals surface area contributed by atoms with Crippen molar-refractivity contribution in [1.29, 1.82) is 0 Å². The lowest BCUT2D eigenvalue weighted by Crippen LogP contribution is -2.52. The van der Waals surface area contributed by atoms with Crippen molar-refractivity contribution in [3.05, 3.63) is 28.8 Å². The minimum Gasteiger partial charge on any atom is -0.496 e. The number of hydrogen-bond acceptors (Lipinski definition) is 4. The Morgan fingerprint density at radius 3 is 2.47 bits per heavy atom. The molecule has 1 aromatic carbocycles. The maximum absolute atomic E-state index is 13.3. The monoisotopic (exact) mass is 433 g/mol. The van der Waals surface area contributed by atoms with E-state index in [0.29, 0.717) is 55.2 Å². The number of rotatable bonds is 3. The van der Waals surface area contributed by atoms with Gasteiger partial charge < -0.3 is 19.4 Å². The molecule has 0 N–H and O–H groups in total. The summed E-state index contributed by atoms with van der Waals surface area (Å²) >= 11 is 6.09. The van der Waals surface area contributed by atoms with Crippen LogP contribution in [0, 0.1) is 5.41 Å². The van der Waals surface area contributed by atoms with Crippen LogP contribution in [0.2, 0.25) is 5.02 Å². The molecular weight excluding hydrogens is 406 g/mol. The molecule has 1 atom stereocenters. The lowest BCUT2D eigenvalue weighted by molar-refractivity contribution is -0.143. The Hall–Kier alpha value is -2.28. The lowest BCUT2D eigenvalue weighted by Gasteiger charge is -2.39. The Morgan fingerprint density at radius 1 is 1.13 bits per heavy atom. The summed E-state index contributed by atoms with van der Waals surface area (Å²) in [6.45, 7) is 2.46. The molecule has 3 aliphatic rings. The van der Waals surface area contributed by atoms with E-state index in [1.54, 1.807) is 28.0 Å². The average Bonchev–Trinajstić information content (AvgIpc) is 3.35. The van der Waals surface area contributed by atoms with E-state index in [4.69, 9.17) is 16.3 Å². The average molecular weight is 434 g/mol. The molecule has 0 radical (unpaired) electrons. The number of benzene rings is 1. The highest BCUT2D eigenvalue weighted by Crippen LogP contribution is 2.41.